The first-order valence-electron chi connectivity index (χ1n) is 9.75. The van der Waals surface area contributed by atoms with Gasteiger partial charge in [-0.2, -0.15) is 5.10 Å². The summed E-state index contributed by atoms with van der Waals surface area (Å²) in [6, 6.07) is 12.7. The molecule has 0 aliphatic rings. The Hall–Kier alpha value is -2.50. The average molecular weight is 446 g/mol. The summed E-state index contributed by atoms with van der Waals surface area (Å²) in [6.07, 6.45) is 0. The van der Waals surface area contributed by atoms with Crippen molar-refractivity contribution in [2.24, 2.45) is 0 Å². The Morgan fingerprint density at radius 2 is 1.90 bits per heavy atom. The lowest BCUT2D eigenvalue weighted by Crippen LogP contribution is -2.26. The molecule has 1 amide bonds. The number of rotatable bonds is 7. The third kappa shape index (κ3) is 4.79. The van der Waals surface area contributed by atoms with Crippen LogP contribution in [0.15, 0.2) is 42.5 Å². The van der Waals surface area contributed by atoms with Gasteiger partial charge in [0.1, 0.15) is 17.4 Å². The van der Waals surface area contributed by atoms with E-state index >= 15 is 0 Å². The monoisotopic (exact) mass is 445 g/mol. The summed E-state index contributed by atoms with van der Waals surface area (Å²) in [7, 11) is 1.80. The maximum atomic E-state index is 13.0. The zero-order valence-electron chi connectivity index (χ0n) is 17.6. The molecule has 0 N–H and O–H groups in total. The molecule has 0 saturated heterocycles. The van der Waals surface area contributed by atoms with Gasteiger partial charge < -0.3 is 9.64 Å². The molecule has 0 aliphatic heterocycles. The number of carbonyl (C=O) groups excluding carboxylic acids is 1. The summed E-state index contributed by atoms with van der Waals surface area (Å²) in [4.78, 5) is 14.7. The van der Waals surface area contributed by atoms with Crippen molar-refractivity contribution < 1.29 is 9.53 Å². The summed E-state index contributed by atoms with van der Waals surface area (Å²) in [5.74, 6) is 0.456. The highest BCUT2D eigenvalue weighted by Crippen LogP contribution is 2.32. The first-order valence-corrected chi connectivity index (χ1v) is 10.5. The Morgan fingerprint density at radius 3 is 2.60 bits per heavy atom. The molecular weight excluding hydrogens is 421 g/mol. The van der Waals surface area contributed by atoms with Gasteiger partial charge in [-0.05, 0) is 50.6 Å². The Kier molecular flexibility index (Phi) is 7.06. The molecule has 0 atom stereocenters. The molecule has 0 aliphatic carbocycles. The first kappa shape index (κ1) is 22.2. The van der Waals surface area contributed by atoms with Gasteiger partial charge in [-0.3, -0.25) is 9.48 Å². The summed E-state index contributed by atoms with van der Waals surface area (Å²) >= 11 is 12.2. The van der Waals surface area contributed by atoms with Gasteiger partial charge in [-0.1, -0.05) is 41.4 Å². The number of hydrogen-bond acceptors (Lipinski definition) is 3. The highest BCUT2D eigenvalue weighted by Gasteiger charge is 2.17. The van der Waals surface area contributed by atoms with E-state index in [0.717, 1.165) is 29.1 Å². The third-order valence-corrected chi connectivity index (χ3v) is 5.86. The molecule has 0 saturated carbocycles. The molecule has 0 unspecified atom stereocenters. The maximum absolute atomic E-state index is 13.0. The second-order valence-electron chi connectivity index (χ2n) is 7.17. The van der Waals surface area contributed by atoms with Crippen LogP contribution >= 0.6 is 23.2 Å². The largest absolute Gasteiger partial charge is 0.487 e. The quantitative estimate of drug-likeness (QED) is 0.469. The highest BCUT2D eigenvalue weighted by molar-refractivity contribution is 6.42. The van der Waals surface area contributed by atoms with Crippen molar-refractivity contribution in [1.82, 2.24) is 14.7 Å². The Labute approximate surface area is 187 Å². The van der Waals surface area contributed by atoms with E-state index in [1.54, 1.807) is 30.1 Å². The number of ether oxygens (including phenoxy) is 1. The number of aromatic nitrogens is 2. The van der Waals surface area contributed by atoms with E-state index in [2.05, 4.69) is 12.0 Å². The van der Waals surface area contributed by atoms with Crippen molar-refractivity contribution in [1.29, 1.82) is 0 Å². The molecule has 158 valence electrons. The van der Waals surface area contributed by atoms with Crippen LogP contribution in [-0.4, -0.2) is 27.6 Å². The van der Waals surface area contributed by atoms with Gasteiger partial charge in [0.2, 0.25) is 0 Å². The lowest BCUT2D eigenvalue weighted by molar-refractivity contribution is 0.0784. The molecule has 1 aromatic heterocycles. The minimum Gasteiger partial charge on any atom is -0.487 e. The van der Waals surface area contributed by atoms with E-state index in [4.69, 9.17) is 27.9 Å². The lowest BCUT2D eigenvalue weighted by Gasteiger charge is -2.18. The topological polar surface area (TPSA) is 47.4 Å². The number of benzene rings is 2. The highest BCUT2D eigenvalue weighted by atomic mass is 35.5. The molecule has 0 bridgehead atoms. The standard InChI is InChI=1S/C23H25Cl2N3O2/c1-5-28-16(3)19(15(2)26-28)13-27(4)23(29)18-9-6-8-17(12-18)14-30-21-11-7-10-20(24)22(21)25/h6-12H,5,13-14H2,1-4H3. The predicted molar refractivity (Wildman–Crippen MR) is 120 cm³/mol. The molecular formula is C23H25Cl2N3O2. The first-order chi connectivity index (χ1) is 14.3. The second-order valence-corrected chi connectivity index (χ2v) is 7.95. The number of hydrogen-bond donors (Lipinski definition) is 0. The summed E-state index contributed by atoms with van der Waals surface area (Å²) in [6.45, 7) is 7.68. The molecule has 5 nitrogen and oxygen atoms in total. The van der Waals surface area contributed by atoms with Crippen LogP contribution in [0.5, 0.6) is 5.75 Å². The van der Waals surface area contributed by atoms with Crippen LogP contribution in [0.1, 0.15) is 39.8 Å². The SMILES string of the molecule is CCn1nc(C)c(CN(C)C(=O)c2cccc(COc3cccc(Cl)c3Cl)c2)c1C. The summed E-state index contributed by atoms with van der Waals surface area (Å²) in [5, 5.41) is 5.36. The van der Waals surface area contributed by atoms with Crippen molar-refractivity contribution in [2.75, 3.05) is 7.05 Å². The van der Waals surface area contributed by atoms with Crippen LogP contribution in [-0.2, 0) is 19.7 Å². The van der Waals surface area contributed by atoms with E-state index in [0.29, 0.717) is 27.9 Å². The number of amides is 1. The van der Waals surface area contributed by atoms with Crippen LogP contribution in [0.2, 0.25) is 10.0 Å². The smallest absolute Gasteiger partial charge is 0.253 e. The van der Waals surface area contributed by atoms with Crippen molar-refractivity contribution >= 4 is 29.1 Å². The van der Waals surface area contributed by atoms with Crippen LogP contribution in [0.4, 0.5) is 0 Å². The minimum atomic E-state index is -0.0549. The molecule has 0 fully saturated rings. The fraction of sp³-hybridized carbons (Fsp3) is 0.304. The fourth-order valence-electron chi connectivity index (χ4n) is 3.35. The zero-order chi connectivity index (χ0) is 21.8. The number of nitrogens with zero attached hydrogens (tertiary/aromatic N) is 3. The van der Waals surface area contributed by atoms with E-state index in [1.807, 2.05) is 42.8 Å². The fourth-order valence-corrected chi connectivity index (χ4v) is 3.70. The molecule has 1 heterocycles. The average Bonchev–Trinajstić information content (AvgIpc) is 3.02. The third-order valence-electron chi connectivity index (χ3n) is 5.06. The van der Waals surface area contributed by atoms with Crippen molar-refractivity contribution in [3.05, 3.63) is 80.6 Å². The number of halogens is 2. The second kappa shape index (κ2) is 9.54. The van der Waals surface area contributed by atoms with Gasteiger partial charge in [-0.25, -0.2) is 0 Å². The zero-order valence-corrected chi connectivity index (χ0v) is 19.1. The van der Waals surface area contributed by atoms with Gasteiger partial charge in [0, 0.05) is 37.0 Å². The van der Waals surface area contributed by atoms with E-state index in [9.17, 15) is 4.79 Å². The van der Waals surface area contributed by atoms with Crippen LogP contribution in [0.25, 0.3) is 0 Å². The number of carbonyl (C=O) groups is 1. The van der Waals surface area contributed by atoms with Gasteiger partial charge in [0.15, 0.2) is 0 Å². The Balaban J connectivity index is 1.71. The van der Waals surface area contributed by atoms with E-state index < -0.39 is 0 Å². The molecule has 3 aromatic rings. The summed E-state index contributed by atoms with van der Waals surface area (Å²) in [5.41, 5.74) is 4.61. The van der Waals surface area contributed by atoms with Gasteiger partial charge >= 0.3 is 0 Å². The normalized spacial score (nSPS) is 10.9. The van der Waals surface area contributed by atoms with Gasteiger partial charge in [-0.15, -0.1) is 0 Å². The molecule has 30 heavy (non-hydrogen) atoms. The van der Waals surface area contributed by atoms with Gasteiger partial charge in [0.25, 0.3) is 5.91 Å². The van der Waals surface area contributed by atoms with Crippen molar-refractivity contribution in [3.63, 3.8) is 0 Å². The molecule has 0 radical (unpaired) electrons. The summed E-state index contributed by atoms with van der Waals surface area (Å²) < 4.78 is 7.75. The molecule has 3 rings (SSSR count). The Morgan fingerprint density at radius 1 is 1.17 bits per heavy atom. The Bertz CT molecular complexity index is 1060. The maximum Gasteiger partial charge on any atom is 0.253 e. The van der Waals surface area contributed by atoms with Crippen LogP contribution in [0, 0.1) is 13.8 Å². The predicted octanol–water partition coefficient (Wildman–Crippen LogP) is 5.68. The molecule has 0 spiro atoms. The minimum absolute atomic E-state index is 0.0549. The molecule has 2 aromatic carbocycles. The van der Waals surface area contributed by atoms with E-state index in [-0.39, 0.29) is 12.5 Å². The lowest BCUT2D eigenvalue weighted by atomic mass is 10.1. The van der Waals surface area contributed by atoms with Crippen LogP contribution in [0.3, 0.4) is 0 Å². The van der Waals surface area contributed by atoms with Crippen molar-refractivity contribution in [2.45, 2.75) is 40.5 Å². The van der Waals surface area contributed by atoms with Gasteiger partial charge in [0.05, 0.1) is 10.7 Å². The van der Waals surface area contributed by atoms with Crippen molar-refractivity contribution in [3.8, 4) is 5.75 Å². The van der Waals surface area contributed by atoms with Crippen LogP contribution < -0.4 is 4.74 Å². The number of aryl methyl sites for hydroxylation is 2. The molecule has 7 heteroatoms. The van der Waals surface area contributed by atoms with E-state index in [1.165, 1.54) is 0 Å².